The van der Waals surface area contributed by atoms with E-state index in [1.54, 1.807) is 0 Å². The molecule has 1 aliphatic rings. The van der Waals surface area contributed by atoms with Gasteiger partial charge >= 0.3 is 0 Å². The largest absolute Gasteiger partial charge is 0.317 e. The Hall–Kier alpha value is -0.420. The van der Waals surface area contributed by atoms with Crippen molar-refractivity contribution < 1.29 is 13.2 Å². The Kier molecular flexibility index (Phi) is 6.86. The normalized spacial score (nSPS) is 17.8. The molecule has 1 N–H and O–H groups in total. The van der Waals surface area contributed by atoms with E-state index in [4.69, 9.17) is 0 Å². The van der Waals surface area contributed by atoms with Crippen LogP contribution < -0.4 is 5.32 Å². The van der Waals surface area contributed by atoms with E-state index in [1.807, 2.05) is 6.92 Å². The van der Waals surface area contributed by atoms with Crippen molar-refractivity contribution in [2.45, 2.75) is 45.4 Å². The Labute approximate surface area is 110 Å². The molecule has 0 aliphatic carbocycles. The van der Waals surface area contributed by atoms with Crippen molar-refractivity contribution in [3.05, 3.63) is 0 Å². The number of hydrogen-bond donors (Lipinski definition) is 1. The highest BCUT2D eigenvalue weighted by atomic mass is 32.2. The smallest absolute Gasteiger partial charge is 0.150 e. The summed E-state index contributed by atoms with van der Waals surface area (Å²) in [7, 11) is -3.00. The molecule has 0 spiro atoms. The Bertz CT molecular complexity index is 345. The lowest BCUT2D eigenvalue weighted by Crippen LogP contribution is -2.28. The number of piperidine rings is 1. The summed E-state index contributed by atoms with van der Waals surface area (Å²) in [6.45, 7) is 3.93. The molecule has 0 amide bonds. The molecule has 1 aliphatic heterocycles. The summed E-state index contributed by atoms with van der Waals surface area (Å²) < 4.78 is 23.0. The van der Waals surface area contributed by atoms with Gasteiger partial charge in [0.05, 0.1) is 5.75 Å². The van der Waals surface area contributed by atoms with Crippen molar-refractivity contribution in [1.82, 2.24) is 5.32 Å². The monoisotopic (exact) mass is 275 g/mol. The molecule has 1 heterocycles. The van der Waals surface area contributed by atoms with Gasteiger partial charge in [0, 0.05) is 18.6 Å². The second-order valence-electron chi connectivity index (χ2n) is 5.17. The highest BCUT2D eigenvalue weighted by molar-refractivity contribution is 7.91. The molecule has 5 heteroatoms. The number of sulfone groups is 1. The molecule has 0 aromatic rings. The topological polar surface area (TPSA) is 63.2 Å². The fourth-order valence-electron chi connectivity index (χ4n) is 2.34. The summed E-state index contributed by atoms with van der Waals surface area (Å²) in [5.41, 5.74) is 0. The number of rotatable bonds is 8. The number of nitrogens with one attached hydrogen (secondary N) is 1. The van der Waals surface area contributed by atoms with Crippen molar-refractivity contribution in [2.75, 3.05) is 24.6 Å². The maximum absolute atomic E-state index is 11.7. The third-order valence-electron chi connectivity index (χ3n) is 3.50. The van der Waals surface area contributed by atoms with Crippen LogP contribution in [0.15, 0.2) is 0 Å². The molecule has 1 fully saturated rings. The van der Waals surface area contributed by atoms with Gasteiger partial charge in [-0.1, -0.05) is 6.92 Å². The van der Waals surface area contributed by atoms with E-state index in [-0.39, 0.29) is 23.7 Å². The molecule has 0 unspecified atom stereocenters. The summed E-state index contributed by atoms with van der Waals surface area (Å²) in [6, 6.07) is 0. The summed E-state index contributed by atoms with van der Waals surface area (Å²) in [4.78, 5) is 11.7. The van der Waals surface area contributed by atoms with Crippen LogP contribution in [0.4, 0.5) is 0 Å². The highest BCUT2D eigenvalue weighted by Gasteiger charge is 2.16. The molecule has 4 nitrogen and oxygen atoms in total. The average Bonchev–Trinajstić information content (AvgIpc) is 2.35. The first kappa shape index (κ1) is 15.6. The fourth-order valence-corrected chi connectivity index (χ4v) is 3.71. The SMILES string of the molecule is CCCS(=O)(=O)CCC(=O)CCC1CCNCC1. The molecule has 0 aromatic carbocycles. The van der Waals surface area contributed by atoms with Gasteiger partial charge in [-0.2, -0.15) is 0 Å². The van der Waals surface area contributed by atoms with Crippen LogP contribution in [0.3, 0.4) is 0 Å². The highest BCUT2D eigenvalue weighted by Crippen LogP contribution is 2.18. The van der Waals surface area contributed by atoms with E-state index in [0.717, 1.165) is 32.4 Å². The first-order valence-electron chi connectivity index (χ1n) is 6.96. The van der Waals surface area contributed by atoms with Crippen molar-refractivity contribution in [3.8, 4) is 0 Å². The summed E-state index contributed by atoms with van der Waals surface area (Å²) in [5.74, 6) is 0.983. The van der Waals surface area contributed by atoms with Crippen LogP contribution in [0.25, 0.3) is 0 Å². The zero-order valence-corrected chi connectivity index (χ0v) is 12.1. The second kappa shape index (κ2) is 7.89. The zero-order valence-electron chi connectivity index (χ0n) is 11.3. The van der Waals surface area contributed by atoms with Crippen LogP contribution in [0, 0.1) is 5.92 Å². The average molecular weight is 275 g/mol. The van der Waals surface area contributed by atoms with Crippen LogP contribution in [-0.4, -0.2) is 38.8 Å². The first-order valence-corrected chi connectivity index (χ1v) is 8.78. The van der Waals surface area contributed by atoms with Crippen LogP contribution >= 0.6 is 0 Å². The van der Waals surface area contributed by atoms with E-state index >= 15 is 0 Å². The van der Waals surface area contributed by atoms with E-state index in [0.29, 0.717) is 18.8 Å². The minimum absolute atomic E-state index is 0.0336. The van der Waals surface area contributed by atoms with Crippen LogP contribution in [0.2, 0.25) is 0 Å². The first-order chi connectivity index (χ1) is 8.53. The van der Waals surface area contributed by atoms with Gasteiger partial charge in [-0.05, 0) is 44.7 Å². The van der Waals surface area contributed by atoms with Gasteiger partial charge in [0.1, 0.15) is 5.78 Å². The van der Waals surface area contributed by atoms with Crippen molar-refractivity contribution in [2.24, 2.45) is 5.92 Å². The maximum atomic E-state index is 11.7. The quantitative estimate of drug-likeness (QED) is 0.730. The summed E-state index contributed by atoms with van der Waals surface area (Å²) >= 11 is 0. The van der Waals surface area contributed by atoms with Crippen molar-refractivity contribution >= 4 is 15.6 Å². The Morgan fingerprint density at radius 1 is 1.17 bits per heavy atom. The van der Waals surface area contributed by atoms with Crippen molar-refractivity contribution in [1.29, 1.82) is 0 Å². The lowest BCUT2D eigenvalue weighted by Gasteiger charge is -2.22. The Morgan fingerprint density at radius 3 is 2.44 bits per heavy atom. The zero-order chi connectivity index (χ0) is 13.4. The molecule has 106 valence electrons. The van der Waals surface area contributed by atoms with E-state index in [1.165, 1.54) is 0 Å². The van der Waals surface area contributed by atoms with Gasteiger partial charge in [0.25, 0.3) is 0 Å². The number of carbonyl (C=O) groups excluding carboxylic acids is 1. The van der Waals surface area contributed by atoms with E-state index < -0.39 is 9.84 Å². The van der Waals surface area contributed by atoms with Gasteiger partial charge in [0.15, 0.2) is 9.84 Å². The summed E-state index contributed by atoms with van der Waals surface area (Å²) in [6.07, 6.45) is 4.59. The molecule has 1 saturated heterocycles. The predicted octanol–water partition coefficient (Wildman–Crippen LogP) is 1.55. The molecule has 0 saturated carbocycles. The minimum Gasteiger partial charge on any atom is -0.317 e. The molecule has 1 rings (SSSR count). The summed E-state index contributed by atoms with van der Waals surface area (Å²) in [5, 5.41) is 3.30. The molecular formula is C13H25NO3S. The van der Waals surface area contributed by atoms with Gasteiger partial charge in [-0.3, -0.25) is 4.79 Å². The number of Topliss-reactive ketones (excluding diaryl/α,β-unsaturated/α-hetero) is 1. The van der Waals surface area contributed by atoms with Crippen LogP contribution in [0.5, 0.6) is 0 Å². The maximum Gasteiger partial charge on any atom is 0.150 e. The lowest BCUT2D eigenvalue weighted by molar-refractivity contribution is -0.119. The number of ketones is 1. The molecule has 0 radical (unpaired) electrons. The van der Waals surface area contributed by atoms with E-state index in [9.17, 15) is 13.2 Å². The molecule has 0 bridgehead atoms. The van der Waals surface area contributed by atoms with Crippen LogP contribution in [0.1, 0.15) is 45.4 Å². The Morgan fingerprint density at radius 2 is 1.83 bits per heavy atom. The minimum atomic E-state index is -3.00. The standard InChI is InChI=1S/C13H25NO3S/c1-2-10-18(16,17)11-7-13(15)4-3-12-5-8-14-9-6-12/h12,14H,2-11H2,1H3. The molecular weight excluding hydrogens is 250 g/mol. The Balaban J connectivity index is 2.17. The van der Waals surface area contributed by atoms with Gasteiger partial charge < -0.3 is 5.32 Å². The number of hydrogen-bond acceptors (Lipinski definition) is 4. The number of carbonyl (C=O) groups is 1. The van der Waals surface area contributed by atoms with Crippen LogP contribution in [-0.2, 0) is 14.6 Å². The van der Waals surface area contributed by atoms with E-state index in [2.05, 4.69) is 5.32 Å². The van der Waals surface area contributed by atoms with Gasteiger partial charge in [-0.15, -0.1) is 0 Å². The van der Waals surface area contributed by atoms with Gasteiger partial charge in [0.2, 0.25) is 0 Å². The third kappa shape index (κ3) is 6.50. The van der Waals surface area contributed by atoms with Gasteiger partial charge in [-0.25, -0.2) is 8.42 Å². The fraction of sp³-hybridized carbons (Fsp3) is 0.923. The second-order valence-corrected chi connectivity index (χ2v) is 7.48. The lowest BCUT2D eigenvalue weighted by atomic mass is 9.92. The predicted molar refractivity (Wildman–Crippen MR) is 73.4 cm³/mol. The molecule has 0 aromatic heterocycles. The van der Waals surface area contributed by atoms with Crippen molar-refractivity contribution in [3.63, 3.8) is 0 Å². The third-order valence-corrected chi connectivity index (χ3v) is 5.35. The molecule has 18 heavy (non-hydrogen) atoms. The molecule has 0 atom stereocenters.